The molecule has 0 bridgehead atoms. The molecule has 0 spiro atoms. The predicted molar refractivity (Wildman–Crippen MR) is 101 cm³/mol. The number of para-hydroxylation sites is 2. The zero-order valence-electron chi connectivity index (χ0n) is 14.0. The van der Waals surface area contributed by atoms with Gasteiger partial charge in [-0.2, -0.15) is 0 Å². The molecule has 1 amide bonds. The molecule has 132 valence electrons. The zero-order chi connectivity index (χ0) is 18.3. The topological polar surface area (TPSA) is 73.2 Å². The van der Waals surface area contributed by atoms with Gasteiger partial charge in [-0.1, -0.05) is 40.2 Å². The highest BCUT2D eigenvalue weighted by Gasteiger charge is 2.44. The second-order valence-corrected chi connectivity index (χ2v) is 6.93. The molecule has 6 nitrogen and oxygen atoms in total. The van der Waals surface area contributed by atoms with Crippen LogP contribution in [0.2, 0.25) is 0 Å². The van der Waals surface area contributed by atoms with Crippen molar-refractivity contribution in [2.24, 2.45) is 5.92 Å². The number of amides is 1. The Hall–Kier alpha value is -2.67. The summed E-state index contributed by atoms with van der Waals surface area (Å²) in [7, 11) is 0. The molecule has 1 N–H and O–H groups in total. The molecular weight excluding hydrogens is 398 g/mol. The lowest BCUT2D eigenvalue weighted by atomic mass is 9.90. The summed E-state index contributed by atoms with van der Waals surface area (Å²) >= 11 is 3.47. The molecule has 0 saturated carbocycles. The van der Waals surface area contributed by atoms with Crippen molar-refractivity contribution in [3.63, 3.8) is 0 Å². The van der Waals surface area contributed by atoms with Crippen LogP contribution >= 0.6 is 15.9 Å². The monoisotopic (exact) mass is 413 g/mol. The lowest BCUT2D eigenvalue weighted by Gasteiger charge is -2.32. The number of anilines is 1. The van der Waals surface area contributed by atoms with E-state index in [1.807, 2.05) is 53.1 Å². The fourth-order valence-electron chi connectivity index (χ4n) is 3.39. The molecule has 0 unspecified atom stereocenters. The minimum absolute atomic E-state index is 0.214. The molecule has 2 atom stereocenters. The van der Waals surface area contributed by atoms with Gasteiger partial charge in [0.1, 0.15) is 0 Å². The molecule has 26 heavy (non-hydrogen) atoms. The first-order valence-electron chi connectivity index (χ1n) is 8.30. The number of hydrogen-bond acceptors (Lipinski definition) is 4. The number of imidazole rings is 1. The summed E-state index contributed by atoms with van der Waals surface area (Å²) in [6, 6.07) is 14.7. The molecule has 0 aliphatic carbocycles. The highest BCUT2D eigenvalue weighted by molar-refractivity contribution is 9.10. The summed E-state index contributed by atoms with van der Waals surface area (Å²) in [6.07, 6.45) is 0. The van der Waals surface area contributed by atoms with Crippen LogP contribution < -0.4 is 5.32 Å². The molecule has 2 heterocycles. The van der Waals surface area contributed by atoms with Crippen molar-refractivity contribution in [2.45, 2.75) is 13.0 Å². The van der Waals surface area contributed by atoms with Crippen LogP contribution in [-0.4, -0.2) is 28.0 Å². The van der Waals surface area contributed by atoms with Gasteiger partial charge in [0.25, 0.3) is 0 Å². The van der Waals surface area contributed by atoms with Gasteiger partial charge in [0.2, 0.25) is 11.9 Å². The molecule has 1 aliphatic rings. The first kappa shape index (κ1) is 16.8. The van der Waals surface area contributed by atoms with E-state index >= 15 is 0 Å². The van der Waals surface area contributed by atoms with Crippen molar-refractivity contribution in [1.29, 1.82) is 0 Å². The fourth-order valence-corrected chi connectivity index (χ4v) is 3.81. The fraction of sp³-hybridized carbons (Fsp3) is 0.211. The van der Waals surface area contributed by atoms with Crippen molar-refractivity contribution >= 4 is 44.8 Å². The van der Waals surface area contributed by atoms with Gasteiger partial charge < -0.3 is 9.30 Å². The van der Waals surface area contributed by atoms with Gasteiger partial charge in [-0.15, -0.1) is 0 Å². The number of nitrogens with one attached hydrogen (secondary N) is 1. The first-order chi connectivity index (χ1) is 12.6. The minimum Gasteiger partial charge on any atom is -0.465 e. The van der Waals surface area contributed by atoms with Gasteiger partial charge in [0.05, 0.1) is 23.7 Å². The van der Waals surface area contributed by atoms with Crippen LogP contribution in [0.25, 0.3) is 11.0 Å². The van der Waals surface area contributed by atoms with Gasteiger partial charge >= 0.3 is 5.97 Å². The van der Waals surface area contributed by atoms with E-state index in [-0.39, 0.29) is 6.61 Å². The second kappa shape index (κ2) is 6.57. The predicted octanol–water partition coefficient (Wildman–Crippen LogP) is 3.52. The van der Waals surface area contributed by atoms with Crippen LogP contribution in [0.3, 0.4) is 0 Å². The Labute approximate surface area is 158 Å². The number of nitrogens with zero attached hydrogens (tertiary/aromatic N) is 2. The van der Waals surface area contributed by atoms with Gasteiger partial charge in [-0.25, -0.2) is 4.98 Å². The SMILES string of the molecule is CCOC(=O)[C@@H]1C(=O)Nc2nc3ccccc3n2[C@H]1c1cccc(Br)c1. The van der Waals surface area contributed by atoms with Gasteiger partial charge in [-0.05, 0) is 36.8 Å². The van der Waals surface area contributed by atoms with Crippen LogP contribution in [0.4, 0.5) is 5.95 Å². The van der Waals surface area contributed by atoms with E-state index < -0.39 is 23.8 Å². The van der Waals surface area contributed by atoms with Crippen LogP contribution in [0, 0.1) is 5.92 Å². The first-order valence-corrected chi connectivity index (χ1v) is 9.09. The summed E-state index contributed by atoms with van der Waals surface area (Å²) in [5.41, 5.74) is 2.44. The molecule has 0 saturated heterocycles. The zero-order valence-corrected chi connectivity index (χ0v) is 15.6. The van der Waals surface area contributed by atoms with Crippen LogP contribution in [0.5, 0.6) is 0 Å². The summed E-state index contributed by atoms with van der Waals surface area (Å²) in [6.45, 7) is 1.94. The molecule has 0 fully saturated rings. The van der Waals surface area contributed by atoms with E-state index in [9.17, 15) is 9.59 Å². The number of aromatic nitrogens is 2. The average Bonchev–Trinajstić information content (AvgIpc) is 2.98. The lowest BCUT2D eigenvalue weighted by molar-refractivity contribution is -0.152. The third-order valence-corrected chi connectivity index (χ3v) is 4.93. The number of ether oxygens (including phenoxy) is 1. The number of halogens is 1. The van der Waals surface area contributed by atoms with Crippen molar-refractivity contribution in [2.75, 3.05) is 11.9 Å². The molecule has 3 aromatic rings. The Morgan fingerprint density at radius 1 is 1.27 bits per heavy atom. The average molecular weight is 414 g/mol. The Balaban J connectivity index is 1.97. The van der Waals surface area contributed by atoms with Crippen molar-refractivity contribution < 1.29 is 14.3 Å². The Morgan fingerprint density at radius 2 is 2.08 bits per heavy atom. The van der Waals surface area contributed by atoms with E-state index in [0.717, 1.165) is 21.1 Å². The van der Waals surface area contributed by atoms with E-state index in [2.05, 4.69) is 26.2 Å². The molecule has 2 aromatic carbocycles. The van der Waals surface area contributed by atoms with Crippen molar-refractivity contribution in [1.82, 2.24) is 9.55 Å². The Kier molecular flexibility index (Phi) is 4.24. The number of rotatable bonds is 3. The second-order valence-electron chi connectivity index (χ2n) is 6.01. The molecule has 7 heteroatoms. The molecular formula is C19H16BrN3O3. The van der Waals surface area contributed by atoms with Gasteiger partial charge in [0.15, 0.2) is 5.92 Å². The summed E-state index contributed by atoms with van der Waals surface area (Å²) < 4.78 is 7.97. The summed E-state index contributed by atoms with van der Waals surface area (Å²) in [4.78, 5) is 29.9. The Bertz CT molecular complexity index is 1010. The smallest absolute Gasteiger partial charge is 0.321 e. The number of esters is 1. The quantitative estimate of drug-likeness (QED) is 0.526. The molecule has 1 aromatic heterocycles. The normalized spacial score (nSPS) is 19.1. The lowest BCUT2D eigenvalue weighted by Crippen LogP contribution is -2.43. The van der Waals surface area contributed by atoms with E-state index in [4.69, 9.17) is 4.74 Å². The maximum Gasteiger partial charge on any atom is 0.321 e. The third kappa shape index (κ3) is 2.68. The summed E-state index contributed by atoms with van der Waals surface area (Å²) in [5, 5.41) is 2.75. The highest BCUT2D eigenvalue weighted by Crippen LogP contribution is 2.39. The Morgan fingerprint density at radius 3 is 2.85 bits per heavy atom. The molecule has 4 rings (SSSR count). The van der Waals surface area contributed by atoms with E-state index in [1.165, 1.54) is 0 Å². The third-order valence-electron chi connectivity index (χ3n) is 4.44. The number of fused-ring (bicyclic) bond motifs is 3. The molecule has 0 radical (unpaired) electrons. The largest absolute Gasteiger partial charge is 0.465 e. The van der Waals surface area contributed by atoms with Gasteiger partial charge in [-0.3, -0.25) is 14.9 Å². The molecule has 1 aliphatic heterocycles. The highest BCUT2D eigenvalue weighted by atomic mass is 79.9. The number of hydrogen-bond donors (Lipinski definition) is 1. The van der Waals surface area contributed by atoms with E-state index in [0.29, 0.717) is 5.95 Å². The van der Waals surface area contributed by atoms with Crippen LogP contribution in [0.15, 0.2) is 53.0 Å². The number of carbonyl (C=O) groups is 2. The van der Waals surface area contributed by atoms with Crippen molar-refractivity contribution in [3.8, 4) is 0 Å². The van der Waals surface area contributed by atoms with E-state index in [1.54, 1.807) is 6.92 Å². The number of carbonyl (C=O) groups excluding carboxylic acids is 2. The minimum atomic E-state index is -0.991. The maximum atomic E-state index is 12.7. The standard InChI is InChI=1S/C19H16BrN3O3/c1-2-26-18(25)15-16(11-6-5-7-12(20)10-11)23-14-9-4-3-8-13(14)21-19(23)22-17(15)24/h3-10,15-16H,2H2,1H3,(H,21,22,24)/t15-,16-/m0/s1. The van der Waals surface area contributed by atoms with Crippen LogP contribution in [0.1, 0.15) is 18.5 Å². The van der Waals surface area contributed by atoms with Crippen LogP contribution in [-0.2, 0) is 14.3 Å². The summed E-state index contributed by atoms with van der Waals surface area (Å²) in [5.74, 6) is -1.51. The van der Waals surface area contributed by atoms with Crippen molar-refractivity contribution in [3.05, 3.63) is 58.6 Å². The number of benzene rings is 2. The maximum absolute atomic E-state index is 12.7. The van der Waals surface area contributed by atoms with Gasteiger partial charge in [0, 0.05) is 4.47 Å².